The highest BCUT2D eigenvalue weighted by Crippen LogP contribution is 2.14. The van der Waals surface area contributed by atoms with Crippen molar-refractivity contribution in [3.05, 3.63) is 18.0 Å². The maximum absolute atomic E-state index is 12.4. The van der Waals surface area contributed by atoms with Crippen molar-refractivity contribution in [1.82, 2.24) is 30.6 Å². The van der Waals surface area contributed by atoms with E-state index in [-0.39, 0.29) is 18.0 Å². The van der Waals surface area contributed by atoms with Gasteiger partial charge >= 0.3 is 6.03 Å². The number of likely N-dealkylation sites (tertiary alicyclic amines) is 1. The van der Waals surface area contributed by atoms with Crippen LogP contribution in [0.5, 0.6) is 0 Å². The van der Waals surface area contributed by atoms with Crippen LogP contribution in [0.1, 0.15) is 24.9 Å². The highest BCUT2D eigenvalue weighted by molar-refractivity contribution is 5.83. The third-order valence-corrected chi connectivity index (χ3v) is 3.76. The summed E-state index contributed by atoms with van der Waals surface area (Å²) in [7, 11) is 3.56. The Labute approximate surface area is 130 Å². The smallest absolute Gasteiger partial charge is 0.317 e. The molecule has 8 nitrogen and oxygen atoms in total. The summed E-state index contributed by atoms with van der Waals surface area (Å²) in [4.78, 5) is 25.9. The quantitative estimate of drug-likeness (QED) is 0.690. The topological polar surface area (TPSA) is 91.3 Å². The molecular weight excluding hydrogens is 284 g/mol. The molecule has 0 bridgehead atoms. The summed E-state index contributed by atoms with van der Waals surface area (Å²) in [5.74, 6) is -0.0988. The summed E-state index contributed by atoms with van der Waals surface area (Å²) >= 11 is 0. The molecule has 122 valence electrons. The van der Waals surface area contributed by atoms with E-state index in [9.17, 15) is 9.59 Å². The van der Waals surface area contributed by atoms with E-state index in [1.54, 1.807) is 22.8 Å². The molecule has 1 aliphatic heterocycles. The second kappa shape index (κ2) is 7.26. The minimum Gasteiger partial charge on any atom is -0.350 e. The van der Waals surface area contributed by atoms with Crippen molar-refractivity contribution in [2.24, 2.45) is 7.05 Å². The predicted molar refractivity (Wildman–Crippen MR) is 82.2 cm³/mol. The van der Waals surface area contributed by atoms with Crippen molar-refractivity contribution < 1.29 is 9.59 Å². The van der Waals surface area contributed by atoms with Crippen LogP contribution >= 0.6 is 0 Å². The van der Waals surface area contributed by atoms with Crippen molar-refractivity contribution in [1.29, 1.82) is 0 Å². The van der Waals surface area contributed by atoms with E-state index in [4.69, 9.17) is 0 Å². The molecule has 1 saturated heterocycles. The number of hydrogen-bond acceptors (Lipinski definition) is 4. The lowest BCUT2D eigenvalue weighted by molar-refractivity contribution is -0.123. The third-order valence-electron chi connectivity index (χ3n) is 3.76. The molecule has 2 unspecified atom stereocenters. The lowest BCUT2D eigenvalue weighted by Crippen LogP contribution is -2.44. The maximum Gasteiger partial charge on any atom is 0.317 e. The molecule has 0 spiro atoms. The Balaban J connectivity index is 1.90. The van der Waals surface area contributed by atoms with E-state index in [1.165, 1.54) is 0 Å². The van der Waals surface area contributed by atoms with Gasteiger partial charge in [0.2, 0.25) is 5.91 Å². The number of carbonyl (C=O) groups excluding carboxylic acids is 2. The number of nitrogens with one attached hydrogen (secondary N) is 3. The minimum atomic E-state index is -0.438. The van der Waals surface area contributed by atoms with Gasteiger partial charge in [-0.1, -0.05) is 0 Å². The monoisotopic (exact) mass is 308 g/mol. The highest BCUT2D eigenvalue weighted by atomic mass is 16.2. The molecule has 2 rings (SSSR count). The van der Waals surface area contributed by atoms with Crippen molar-refractivity contribution >= 4 is 11.9 Å². The highest BCUT2D eigenvalue weighted by Gasteiger charge is 2.29. The van der Waals surface area contributed by atoms with Crippen LogP contribution in [0, 0.1) is 0 Å². The Morgan fingerprint density at radius 3 is 2.86 bits per heavy atom. The minimum absolute atomic E-state index is 0.0115. The fourth-order valence-corrected chi connectivity index (χ4v) is 2.65. The molecule has 1 fully saturated rings. The molecule has 22 heavy (non-hydrogen) atoms. The first-order valence-corrected chi connectivity index (χ1v) is 7.54. The maximum atomic E-state index is 12.4. The lowest BCUT2D eigenvalue weighted by Gasteiger charge is -2.20. The Kier molecular flexibility index (Phi) is 5.37. The van der Waals surface area contributed by atoms with Crippen molar-refractivity contribution in [3.8, 4) is 0 Å². The normalized spacial score (nSPS) is 19.0. The van der Waals surface area contributed by atoms with Gasteiger partial charge in [0.25, 0.3) is 0 Å². The van der Waals surface area contributed by atoms with Gasteiger partial charge in [-0.3, -0.25) is 9.48 Å². The summed E-state index contributed by atoms with van der Waals surface area (Å²) < 4.78 is 1.67. The second-order valence-electron chi connectivity index (χ2n) is 5.44. The Bertz CT molecular complexity index is 529. The van der Waals surface area contributed by atoms with Gasteiger partial charge in [-0.25, -0.2) is 4.79 Å². The largest absolute Gasteiger partial charge is 0.350 e. The van der Waals surface area contributed by atoms with Crippen molar-refractivity contribution in [2.75, 3.05) is 26.7 Å². The Morgan fingerprint density at radius 1 is 1.50 bits per heavy atom. The summed E-state index contributed by atoms with van der Waals surface area (Å²) in [5.41, 5.74) is 0.820. The fourth-order valence-electron chi connectivity index (χ4n) is 2.65. The molecule has 0 aliphatic carbocycles. The Hall–Kier alpha value is -2.09. The van der Waals surface area contributed by atoms with E-state index in [0.29, 0.717) is 19.6 Å². The van der Waals surface area contributed by atoms with E-state index >= 15 is 0 Å². The molecule has 3 amide bonds. The van der Waals surface area contributed by atoms with E-state index in [1.807, 2.05) is 20.2 Å². The number of amides is 3. The summed E-state index contributed by atoms with van der Waals surface area (Å²) in [6, 6.07) is -0.522. The van der Waals surface area contributed by atoms with Crippen LogP contribution in [0.25, 0.3) is 0 Å². The third kappa shape index (κ3) is 3.76. The number of aryl methyl sites for hydroxylation is 1. The zero-order chi connectivity index (χ0) is 16.1. The molecule has 8 heteroatoms. The van der Waals surface area contributed by atoms with Crippen LogP contribution in [0.2, 0.25) is 0 Å². The number of rotatable bonds is 5. The van der Waals surface area contributed by atoms with Crippen molar-refractivity contribution in [2.45, 2.75) is 25.4 Å². The van der Waals surface area contributed by atoms with Crippen molar-refractivity contribution in [3.63, 3.8) is 0 Å². The second-order valence-corrected chi connectivity index (χ2v) is 5.44. The van der Waals surface area contributed by atoms with Crippen LogP contribution in [0.15, 0.2) is 12.4 Å². The van der Waals surface area contributed by atoms with Crippen LogP contribution < -0.4 is 16.0 Å². The SMILES string of the molecule is CCNC(=O)N1CCC(NC(=O)C(NC)c2cnn(C)c2)C1. The van der Waals surface area contributed by atoms with Crippen LogP contribution in [0.4, 0.5) is 4.79 Å². The Morgan fingerprint density at radius 2 is 2.27 bits per heavy atom. The predicted octanol–water partition coefficient (Wildman–Crippen LogP) is -0.399. The first kappa shape index (κ1) is 16.3. The van der Waals surface area contributed by atoms with Crippen LogP contribution in [0.3, 0.4) is 0 Å². The van der Waals surface area contributed by atoms with Gasteiger partial charge in [0.05, 0.1) is 6.20 Å². The number of likely N-dealkylation sites (N-methyl/N-ethyl adjacent to an activating group) is 1. The number of urea groups is 1. The van der Waals surface area contributed by atoms with Gasteiger partial charge in [-0.15, -0.1) is 0 Å². The lowest BCUT2D eigenvalue weighted by atomic mass is 10.1. The van der Waals surface area contributed by atoms with Gasteiger partial charge in [-0.05, 0) is 20.4 Å². The van der Waals surface area contributed by atoms with Gasteiger partial charge < -0.3 is 20.9 Å². The molecule has 0 aromatic carbocycles. The van der Waals surface area contributed by atoms with Gasteiger partial charge in [0, 0.05) is 44.5 Å². The molecule has 0 radical (unpaired) electrons. The molecule has 1 aromatic rings. The first-order chi connectivity index (χ1) is 10.5. The zero-order valence-electron chi connectivity index (χ0n) is 13.3. The number of aromatic nitrogens is 2. The van der Waals surface area contributed by atoms with Crippen LogP contribution in [-0.2, 0) is 11.8 Å². The number of carbonyl (C=O) groups is 2. The summed E-state index contributed by atoms with van der Waals surface area (Å²) in [5, 5.41) is 12.9. The number of hydrogen-bond donors (Lipinski definition) is 3. The van der Waals surface area contributed by atoms with Gasteiger partial charge in [0.1, 0.15) is 6.04 Å². The fraction of sp³-hybridized carbons (Fsp3) is 0.643. The molecule has 1 aliphatic rings. The van der Waals surface area contributed by atoms with Gasteiger partial charge in [-0.2, -0.15) is 5.10 Å². The molecule has 1 aromatic heterocycles. The first-order valence-electron chi connectivity index (χ1n) is 7.54. The number of nitrogens with zero attached hydrogens (tertiary/aromatic N) is 3. The molecule has 2 heterocycles. The summed E-state index contributed by atoms with van der Waals surface area (Å²) in [6.45, 7) is 3.70. The standard InChI is InChI=1S/C14H24N6O2/c1-4-16-14(22)20-6-5-11(9-20)18-13(21)12(15-2)10-7-17-19(3)8-10/h7-8,11-12,15H,4-6,9H2,1-3H3,(H,16,22)(H,18,21). The molecular formula is C14H24N6O2. The molecule has 3 N–H and O–H groups in total. The van der Waals surface area contributed by atoms with E-state index < -0.39 is 6.04 Å². The van der Waals surface area contributed by atoms with E-state index in [2.05, 4.69) is 21.0 Å². The van der Waals surface area contributed by atoms with E-state index in [0.717, 1.165) is 12.0 Å². The van der Waals surface area contributed by atoms with Gasteiger partial charge in [0.15, 0.2) is 0 Å². The average Bonchev–Trinajstić information content (AvgIpc) is 3.10. The summed E-state index contributed by atoms with van der Waals surface area (Å²) in [6.07, 6.45) is 4.26. The molecule has 2 atom stereocenters. The molecule has 0 saturated carbocycles. The average molecular weight is 308 g/mol. The van der Waals surface area contributed by atoms with Crippen LogP contribution in [-0.4, -0.2) is 59.3 Å². The zero-order valence-corrected chi connectivity index (χ0v) is 13.3.